The molecular formula is C26H27ClF3N3O. The molecule has 0 bridgehead atoms. The van der Waals surface area contributed by atoms with Crippen LogP contribution >= 0.6 is 11.6 Å². The average molecular weight is 490 g/mol. The molecule has 8 heteroatoms. The highest BCUT2D eigenvalue weighted by Gasteiger charge is 2.35. The quantitative estimate of drug-likeness (QED) is 0.452. The number of benzene rings is 2. The first-order valence-corrected chi connectivity index (χ1v) is 11.6. The number of fused-ring (bicyclic) bond motifs is 2. The Hall–Kier alpha value is -2.64. The van der Waals surface area contributed by atoms with E-state index in [1.165, 1.54) is 12.1 Å². The van der Waals surface area contributed by atoms with Crippen molar-refractivity contribution >= 4 is 28.2 Å². The van der Waals surface area contributed by atoms with Gasteiger partial charge in [-0.2, -0.15) is 13.2 Å². The second-order valence-electron chi connectivity index (χ2n) is 9.14. The lowest BCUT2D eigenvalue weighted by Gasteiger charge is -2.32. The van der Waals surface area contributed by atoms with Gasteiger partial charge in [0, 0.05) is 34.1 Å². The number of hydrogen-bond acceptors (Lipinski definition) is 3. The third kappa shape index (κ3) is 4.91. The van der Waals surface area contributed by atoms with Crippen molar-refractivity contribution in [3.05, 3.63) is 80.1 Å². The van der Waals surface area contributed by atoms with Gasteiger partial charge in [0.05, 0.1) is 16.8 Å². The zero-order valence-corrected chi connectivity index (χ0v) is 20.1. The lowest BCUT2D eigenvalue weighted by molar-refractivity contribution is -0.137. The van der Waals surface area contributed by atoms with Crippen LogP contribution in [-0.4, -0.2) is 42.8 Å². The highest BCUT2D eigenvalue weighted by Crippen LogP contribution is 2.38. The van der Waals surface area contributed by atoms with Crippen molar-refractivity contribution in [2.24, 2.45) is 10.9 Å². The number of hydrogen-bond donors (Lipinski definition) is 1. The van der Waals surface area contributed by atoms with E-state index in [4.69, 9.17) is 16.6 Å². The molecule has 34 heavy (non-hydrogen) atoms. The Bertz CT molecular complexity index is 1280. The summed E-state index contributed by atoms with van der Waals surface area (Å²) in [5.41, 5.74) is 2.71. The molecule has 0 spiro atoms. The van der Waals surface area contributed by atoms with E-state index in [2.05, 4.69) is 9.88 Å². The van der Waals surface area contributed by atoms with E-state index >= 15 is 0 Å². The Labute approximate surface area is 201 Å². The molecule has 1 heterocycles. The number of nitrogens with zero attached hydrogens (tertiary/aromatic N) is 2. The lowest BCUT2D eigenvalue weighted by atomic mass is 9.73. The highest BCUT2D eigenvalue weighted by molar-refractivity contribution is 6.31. The van der Waals surface area contributed by atoms with Crippen LogP contribution in [0.25, 0.3) is 10.9 Å². The standard InChI is InChI=1S/C26H27ClF3N3O/c1-15-19(16-5-7-17(8-6-16)26(28,29)30)14-22-23(24(15)31-11-4-12-33(2)3)25(34)20-13-18(27)9-10-21(20)32-22/h5-10,13,15,19H,4,11-12,14H2,1-3H3,(H,32,34). The van der Waals surface area contributed by atoms with Crippen molar-refractivity contribution in [3.8, 4) is 0 Å². The van der Waals surface area contributed by atoms with Gasteiger partial charge >= 0.3 is 6.18 Å². The zero-order valence-electron chi connectivity index (χ0n) is 19.3. The number of aromatic nitrogens is 1. The van der Waals surface area contributed by atoms with Gasteiger partial charge in [-0.15, -0.1) is 0 Å². The minimum atomic E-state index is -4.38. The molecular weight excluding hydrogens is 463 g/mol. The van der Waals surface area contributed by atoms with E-state index < -0.39 is 11.7 Å². The van der Waals surface area contributed by atoms with Crippen molar-refractivity contribution in [2.45, 2.75) is 31.9 Å². The van der Waals surface area contributed by atoms with Crippen molar-refractivity contribution in [1.29, 1.82) is 0 Å². The third-order valence-electron chi connectivity index (χ3n) is 6.47. The van der Waals surface area contributed by atoms with Crippen LogP contribution in [0.5, 0.6) is 0 Å². The molecule has 1 aromatic heterocycles. The number of aliphatic imine (C=N–C) groups is 1. The Kier molecular flexibility index (Phi) is 6.87. The van der Waals surface area contributed by atoms with Crippen LogP contribution in [0, 0.1) is 5.92 Å². The van der Waals surface area contributed by atoms with Crippen LogP contribution in [-0.2, 0) is 12.6 Å². The summed E-state index contributed by atoms with van der Waals surface area (Å²) in [7, 11) is 3.99. The fraction of sp³-hybridized carbons (Fsp3) is 0.385. The molecule has 4 nitrogen and oxygen atoms in total. The van der Waals surface area contributed by atoms with Gasteiger partial charge in [-0.05, 0) is 75.3 Å². The summed E-state index contributed by atoms with van der Waals surface area (Å²) in [4.78, 5) is 23.8. The maximum atomic E-state index is 13.5. The van der Waals surface area contributed by atoms with Crippen LogP contribution in [0.4, 0.5) is 13.2 Å². The maximum Gasteiger partial charge on any atom is 0.416 e. The third-order valence-corrected chi connectivity index (χ3v) is 6.70. The topological polar surface area (TPSA) is 48.5 Å². The molecule has 0 saturated carbocycles. The van der Waals surface area contributed by atoms with Gasteiger partial charge in [-0.25, -0.2) is 0 Å². The van der Waals surface area contributed by atoms with Gasteiger partial charge in [-0.3, -0.25) is 9.79 Å². The Balaban J connectivity index is 1.80. The predicted octanol–water partition coefficient (Wildman–Crippen LogP) is 5.92. The van der Waals surface area contributed by atoms with E-state index in [0.29, 0.717) is 40.2 Å². The Morgan fingerprint density at radius 3 is 2.50 bits per heavy atom. The molecule has 180 valence electrons. The van der Waals surface area contributed by atoms with Crippen molar-refractivity contribution in [3.63, 3.8) is 0 Å². The lowest BCUT2D eigenvalue weighted by Crippen LogP contribution is -2.35. The molecule has 1 aliphatic carbocycles. The van der Waals surface area contributed by atoms with Crippen molar-refractivity contribution < 1.29 is 13.2 Å². The first kappa shape index (κ1) is 24.5. The first-order valence-electron chi connectivity index (χ1n) is 11.3. The number of nitrogens with one attached hydrogen (secondary N) is 1. The summed E-state index contributed by atoms with van der Waals surface area (Å²) in [5, 5.41) is 0.987. The second-order valence-corrected chi connectivity index (χ2v) is 9.58. The smallest absolute Gasteiger partial charge is 0.358 e. The molecule has 1 N–H and O–H groups in total. The monoisotopic (exact) mass is 489 g/mol. The van der Waals surface area contributed by atoms with E-state index in [-0.39, 0.29) is 17.3 Å². The number of halogens is 4. The molecule has 1 aliphatic rings. The zero-order chi connectivity index (χ0) is 24.6. The van der Waals surface area contributed by atoms with E-state index in [0.717, 1.165) is 36.4 Å². The van der Waals surface area contributed by atoms with Crippen LogP contribution < -0.4 is 5.43 Å². The minimum absolute atomic E-state index is 0.109. The van der Waals surface area contributed by atoms with Gasteiger partial charge in [0.1, 0.15) is 0 Å². The number of H-pyrrole nitrogens is 1. The first-order chi connectivity index (χ1) is 16.1. The van der Waals surface area contributed by atoms with Gasteiger partial charge in [0.25, 0.3) is 0 Å². The fourth-order valence-corrected chi connectivity index (χ4v) is 4.86. The summed E-state index contributed by atoms with van der Waals surface area (Å²) >= 11 is 6.15. The predicted molar refractivity (Wildman–Crippen MR) is 131 cm³/mol. The normalized spacial score (nSPS) is 19.7. The molecule has 0 amide bonds. The van der Waals surface area contributed by atoms with Crippen molar-refractivity contribution in [1.82, 2.24) is 9.88 Å². The van der Waals surface area contributed by atoms with Crippen molar-refractivity contribution in [2.75, 3.05) is 27.2 Å². The van der Waals surface area contributed by atoms with E-state index in [9.17, 15) is 18.0 Å². The number of rotatable bonds is 5. The molecule has 2 unspecified atom stereocenters. The molecule has 0 fully saturated rings. The average Bonchev–Trinajstić information content (AvgIpc) is 2.78. The molecule has 0 saturated heterocycles. The van der Waals surface area contributed by atoms with E-state index in [1.807, 2.05) is 21.0 Å². The highest BCUT2D eigenvalue weighted by atomic mass is 35.5. The van der Waals surface area contributed by atoms with Crippen LogP contribution in [0.15, 0.2) is 52.3 Å². The summed E-state index contributed by atoms with van der Waals surface area (Å²) in [6, 6.07) is 10.5. The number of pyridine rings is 1. The molecule has 4 rings (SSSR count). The number of alkyl halides is 3. The summed E-state index contributed by atoms with van der Waals surface area (Å²) in [6.45, 7) is 3.42. The largest absolute Gasteiger partial charge is 0.416 e. The second kappa shape index (κ2) is 9.55. The van der Waals surface area contributed by atoms with Gasteiger partial charge in [0.2, 0.25) is 0 Å². The van der Waals surface area contributed by atoms with Gasteiger partial charge in [-0.1, -0.05) is 30.7 Å². The molecule has 2 atom stereocenters. The van der Waals surface area contributed by atoms with Crippen LogP contribution in [0.2, 0.25) is 5.02 Å². The van der Waals surface area contributed by atoms with Crippen LogP contribution in [0.3, 0.4) is 0 Å². The Morgan fingerprint density at radius 1 is 1.15 bits per heavy atom. The molecule has 0 aliphatic heterocycles. The van der Waals surface area contributed by atoms with Crippen LogP contribution in [0.1, 0.15) is 41.6 Å². The number of aromatic amines is 1. The summed E-state index contributed by atoms with van der Waals surface area (Å²) in [6.07, 6.45) is -3.04. The molecule has 2 aromatic carbocycles. The van der Waals surface area contributed by atoms with E-state index in [1.54, 1.807) is 18.2 Å². The molecule has 3 aromatic rings. The maximum absolute atomic E-state index is 13.5. The Morgan fingerprint density at radius 2 is 1.85 bits per heavy atom. The summed E-state index contributed by atoms with van der Waals surface area (Å²) < 4.78 is 39.2. The SMILES string of the molecule is CC1C(=NCCCN(C)C)c2c([nH]c3ccc(Cl)cc3c2=O)CC1c1ccc(C(F)(F)F)cc1. The minimum Gasteiger partial charge on any atom is -0.358 e. The summed E-state index contributed by atoms with van der Waals surface area (Å²) in [5.74, 6) is -0.246. The molecule has 0 radical (unpaired) electrons. The van der Waals surface area contributed by atoms with Gasteiger partial charge < -0.3 is 9.88 Å². The van der Waals surface area contributed by atoms with Gasteiger partial charge in [0.15, 0.2) is 5.43 Å². The fourth-order valence-electron chi connectivity index (χ4n) is 4.68.